The molecular weight excluding hydrogens is 348 g/mol. The van der Waals surface area contributed by atoms with Gasteiger partial charge in [-0.1, -0.05) is 23.9 Å². The minimum absolute atomic E-state index is 0.722. The zero-order chi connectivity index (χ0) is 17.1. The Kier molecular flexibility index (Phi) is 4.95. The molecule has 25 heavy (non-hydrogen) atoms. The smallest absolute Gasteiger partial charge is 0.126 e. The number of pyridine rings is 1. The van der Waals surface area contributed by atoms with E-state index < -0.39 is 0 Å². The molecular formula is C20H20N2OS2. The number of rotatable bonds is 7. The summed E-state index contributed by atoms with van der Waals surface area (Å²) in [6, 6.07) is 14.8. The normalized spacial score (nSPS) is 13.6. The number of ether oxygens (including phenoxy) is 1. The zero-order valence-electron chi connectivity index (χ0n) is 14.1. The number of hydrogen-bond acceptors (Lipinski definition) is 5. The Morgan fingerprint density at radius 2 is 2.16 bits per heavy atom. The maximum Gasteiger partial charge on any atom is 0.126 e. The summed E-state index contributed by atoms with van der Waals surface area (Å²) < 4.78 is 6.67. The van der Waals surface area contributed by atoms with Crippen LogP contribution in [0.15, 0.2) is 63.1 Å². The Hall–Kier alpha value is -1.98. The molecule has 0 unspecified atom stereocenters. The summed E-state index contributed by atoms with van der Waals surface area (Å²) in [6.45, 7) is 0.771. The monoisotopic (exact) mass is 368 g/mol. The third-order valence-electron chi connectivity index (χ3n) is 4.28. The molecule has 1 aliphatic rings. The Labute approximate surface area is 156 Å². The first-order valence-electron chi connectivity index (χ1n) is 8.40. The topological polar surface area (TPSA) is 34.1 Å². The van der Waals surface area contributed by atoms with Gasteiger partial charge in [0.1, 0.15) is 11.6 Å². The summed E-state index contributed by atoms with van der Waals surface area (Å²) in [5.41, 5.74) is 2.75. The van der Waals surface area contributed by atoms with Crippen molar-refractivity contribution in [2.75, 3.05) is 12.4 Å². The lowest BCUT2D eigenvalue weighted by Gasteiger charge is -2.12. The third-order valence-corrected chi connectivity index (χ3v) is 6.29. The largest absolute Gasteiger partial charge is 0.497 e. The second-order valence-electron chi connectivity index (χ2n) is 6.11. The van der Waals surface area contributed by atoms with Crippen LogP contribution in [-0.2, 0) is 6.54 Å². The van der Waals surface area contributed by atoms with Gasteiger partial charge in [-0.2, -0.15) is 0 Å². The lowest BCUT2D eigenvalue weighted by atomic mass is 10.0. The van der Waals surface area contributed by atoms with Crippen molar-refractivity contribution in [3.63, 3.8) is 0 Å². The Bertz CT molecular complexity index is 827. The first-order chi connectivity index (χ1) is 12.3. The van der Waals surface area contributed by atoms with E-state index in [1.165, 1.54) is 28.2 Å². The van der Waals surface area contributed by atoms with E-state index in [9.17, 15) is 0 Å². The van der Waals surface area contributed by atoms with Crippen LogP contribution >= 0.6 is 23.1 Å². The minimum atomic E-state index is 0.722. The lowest BCUT2D eigenvalue weighted by molar-refractivity contribution is 0.414. The number of benzene rings is 1. The summed E-state index contributed by atoms with van der Waals surface area (Å²) in [4.78, 5) is 5.71. The Morgan fingerprint density at radius 1 is 1.24 bits per heavy atom. The van der Waals surface area contributed by atoms with Crippen molar-refractivity contribution < 1.29 is 4.74 Å². The van der Waals surface area contributed by atoms with Crippen LogP contribution in [0.5, 0.6) is 5.75 Å². The van der Waals surface area contributed by atoms with E-state index >= 15 is 0 Å². The molecule has 1 aromatic carbocycles. The van der Waals surface area contributed by atoms with Gasteiger partial charge in [0, 0.05) is 17.6 Å². The molecule has 2 heterocycles. The molecule has 1 fully saturated rings. The Morgan fingerprint density at radius 3 is 2.84 bits per heavy atom. The minimum Gasteiger partial charge on any atom is -0.497 e. The van der Waals surface area contributed by atoms with Gasteiger partial charge >= 0.3 is 0 Å². The molecule has 0 atom stereocenters. The van der Waals surface area contributed by atoms with E-state index in [1.54, 1.807) is 30.2 Å². The molecule has 4 rings (SSSR count). The van der Waals surface area contributed by atoms with Crippen molar-refractivity contribution in [3.05, 3.63) is 65.2 Å². The van der Waals surface area contributed by atoms with Crippen LogP contribution in [0.4, 0.5) is 5.82 Å². The fourth-order valence-electron chi connectivity index (χ4n) is 2.82. The molecule has 3 aromatic rings. The second-order valence-corrected chi connectivity index (χ2v) is 8.43. The standard InChI is InChI=1S/C20H20N2OS2/c1-23-16-6-8-18(14-4-5-14)15(11-16)12-21-19-9-7-17(13-22-19)25-20-3-2-10-24-20/h2-3,6-11,13-14H,4-5,12H2,1H3,(H,21,22). The molecule has 1 N–H and O–H groups in total. The van der Waals surface area contributed by atoms with Gasteiger partial charge < -0.3 is 10.1 Å². The van der Waals surface area contributed by atoms with Crippen molar-refractivity contribution in [2.24, 2.45) is 0 Å². The van der Waals surface area contributed by atoms with Gasteiger partial charge in [0.05, 0.1) is 11.3 Å². The molecule has 2 aromatic heterocycles. The molecule has 0 spiro atoms. The molecule has 0 amide bonds. The van der Waals surface area contributed by atoms with Gasteiger partial charge in [0.25, 0.3) is 0 Å². The fourth-order valence-corrected chi connectivity index (χ4v) is 4.54. The van der Waals surface area contributed by atoms with E-state index in [4.69, 9.17) is 4.74 Å². The molecule has 3 nitrogen and oxygen atoms in total. The fraction of sp³-hybridized carbons (Fsp3) is 0.250. The van der Waals surface area contributed by atoms with Crippen LogP contribution in [0.1, 0.15) is 29.9 Å². The van der Waals surface area contributed by atoms with E-state index in [-0.39, 0.29) is 0 Å². The zero-order valence-corrected chi connectivity index (χ0v) is 15.7. The first kappa shape index (κ1) is 16.5. The number of anilines is 1. The third kappa shape index (κ3) is 4.17. The average Bonchev–Trinajstić information content (AvgIpc) is 3.37. The molecule has 1 saturated carbocycles. The summed E-state index contributed by atoms with van der Waals surface area (Å²) in [5.74, 6) is 2.54. The van der Waals surface area contributed by atoms with Crippen LogP contribution in [-0.4, -0.2) is 12.1 Å². The number of thiophene rings is 1. The van der Waals surface area contributed by atoms with Crippen molar-refractivity contribution in [2.45, 2.75) is 34.4 Å². The molecule has 128 valence electrons. The molecule has 0 aliphatic heterocycles. The number of hydrogen-bond donors (Lipinski definition) is 1. The molecule has 0 radical (unpaired) electrons. The van der Waals surface area contributed by atoms with Crippen LogP contribution in [0.2, 0.25) is 0 Å². The van der Waals surface area contributed by atoms with E-state index in [0.717, 1.165) is 28.9 Å². The second kappa shape index (κ2) is 7.50. The van der Waals surface area contributed by atoms with Crippen molar-refractivity contribution in [1.82, 2.24) is 4.98 Å². The lowest BCUT2D eigenvalue weighted by Crippen LogP contribution is -2.04. The summed E-state index contributed by atoms with van der Waals surface area (Å²) in [5, 5.41) is 5.54. The highest BCUT2D eigenvalue weighted by atomic mass is 32.2. The summed E-state index contributed by atoms with van der Waals surface area (Å²) in [7, 11) is 1.72. The van der Waals surface area contributed by atoms with E-state index in [0.29, 0.717) is 0 Å². The summed E-state index contributed by atoms with van der Waals surface area (Å²) >= 11 is 3.50. The number of methoxy groups -OCH3 is 1. The predicted molar refractivity (Wildman–Crippen MR) is 105 cm³/mol. The molecule has 0 saturated heterocycles. The average molecular weight is 369 g/mol. The van der Waals surface area contributed by atoms with Crippen molar-refractivity contribution in [1.29, 1.82) is 0 Å². The van der Waals surface area contributed by atoms with Gasteiger partial charge in [-0.05, 0) is 65.6 Å². The predicted octanol–water partition coefficient (Wildman–Crippen LogP) is 5.79. The Balaban J connectivity index is 1.42. The first-order valence-corrected chi connectivity index (χ1v) is 10.1. The quantitative estimate of drug-likeness (QED) is 0.572. The molecule has 1 aliphatic carbocycles. The summed E-state index contributed by atoms with van der Waals surface area (Å²) in [6.07, 6.45) is 4.53. The maximum absolute atomic E-state index is 5.38. The van der Waals surface area contributed by atoms with Crippen LogP contribution in [0, 0.1) is 0 Å². The molecule has 5 heteroatoms. The highest BCUT2D eigenvalue weighted by Crippen LogP contribution is 2.42. The van der Waals surface area contributed by atoms with Crippen LogP contribution in [0.3, 0.4) is 0 Å². The maximum atomic E-state index is 5.38. The van der Waals surface area contributed by atoms with Gasteiger partial charge in [-0.25, -0.2) is 4.98 Å². The van der Waals surface area contributed by atoms with Gasteiger partial charge in [-0.3, -0.25) is 0 Å². The number of aromatic nitrogens is 1. The number of nitrogens with one attached hydrogen (secondary N) is 1. The number of nitrogens with zero attached hydrogens (tertiary/aromatic N) is 1. The van der Waals surface area contributed by atoms with Gasteiger partial charge in [0.15, 0.2) is 0 Å². The van der Waals surface area contributed by atoms with Gasteiger partial charge in [-0.15, -0.1) is 11.3 Å². The van der Waals surface area contributed by atoms with Crippen LogP contribution < -0.4 is 10.1 Å². The SMILES string of the molecule is COc1ccc(C2CC2)c(CNc2ccc(Sc3cccs3)cn2)c1. The molecule has 0 bridgehead atoms. The highest BCUT2D eigenvalue weighted by molar-refractivity contribution is 8.01. The van der Waals surface area contributed by atoms with E-state index in [2.05, 4.69) is 52.1 Å². The van der Waals surface area contributed by atoms with E-state index in [1.807, 2.05) is 12.3 Å². The highest BCUT2D eigenvalue weighted by Gasteiger charge is 2.26. The van der Waals surface area contributed by atoms with Crippen LogP contribution in [0.25, 0.3) is 0 Å². The van der Waals surface area contributed by atoms with Crippen molar-refractivity contribution in [3.8, 4) is 5.75 Å². The van der Waals surface area contributed by atoms with Gasteiger partial charge in [0.2, 0.25) is 0 Å². The van der Waals surface area contributed by atoms with Crippen molar-refractivity contribution >= 4 is 28.9 Å².